The van der Waals surface area contributed by atoms with Crippen molar-refractivity contribution in [1.82, 2.24) is 0 Å². The summed E-state index contributed by atoms with van der Waals surface area (Å²) < 4.78 is 14.0. The van der Waals surface area contributed by atoms with E-state index in [-0.39, 0.29) is 5.56 Å². The Labute approximate surface area is 165 Å². The maximum atomic E-state index is 14.0. The van der Waals surface area contributed by atoms with Crippen molar-refractivity contribution in [1.29, 1.82) is 5.26 Å². The van der Waals surface area contributed by atoms with Gasteiger partial charge in [0.2, 0.25) is 0 Å². The van der Waals surface area contributed by atoms with Crippen LogP contribution in [0.2, 0.25) is 0 Å². The second kappa shape index (κ2) is 7.82. The van der Waals surface area contributed by atoms with Crippen LogP contribution in [0.5, 0.6) is 0 Å². The van der Waals surface area contributed by atoms with Gasteiger partial charge >= 0.3 is 0 Å². The van der Waals surface area contributed by atoms with E-state index in [1.165, 1.54) is 53.1 Å². The van der Waals surface area contributed by atoms with E-state index in [1.807, 2.05) is 12.1 Å². The van der Waals surface area contributed by atoms with Crippen LogP contribution in [0.3, 0.4) is 0 Å². The first-order chi connectivity index (χ1) is 13.7. The zero-order chi connectivity index (χ0) is 19.5. The Morgan fingerprint density at radius 2 is 1.46 bits per heavy atom. The van der Waals surface area contributed by atoms with Gasteiger partial charge in [-0.1, -0.05) is 68.3 Å². The van der Waals surface area contributed by atoms with Gasteiger partial charge < -0.3 is 0 Å². The molecule has 0 radical (unpaired) electrons. The number of aryl methyl sites for hydroxylation is 1. The van der Waals surface area contributed by atoms with Crippen molar-refractivity contribution in [3.05, 3.63) is 83.7 Å². The van der Waals surface area contributed by atoms with Crippen LogP contribution in [0.25, 0.3) is 32.7 Å². The summed E-state index contributed by atoms with van der Waals surface area (Å²) in [5, 5.41) is 13.8. The monoisotopic (exact) mass is 367 g/mol. The fraction of sp³-hybridized carbons (Fsp3) is 0.192. The van der Waals surface area contributed by atoms with Crippen LogP contribution in [0.1, 0.15) is 37.3 Å². The van der Waals surface area contributed by atoms with E-state index in [2.05, 4.69) is 49.4 Å². The molecule has 0 unspecified atom stereocenters. The summed E-state index contributed by atoms with van der Waals surface area (Å²) in [7, 11) is 0. The van der Waals surface area contributed by atoms with Gasteiger partial charge in [0, 0.05) is 0 Å². The summed E-state index contributed by atoms with van der Waals surface area (Å²) >= 11 is 0. The highest BCUT2D eigenvalue weighted by Crippen LogP contribution is 2.31. The largest absolute Gasteiger partial charge is 0.206 e. The Bertz CT molecular complexity index is 1200. The molecule has 28 heavy (non-hydrogen) atoms. The first-order valence-corrected chi connectivity index (χ1v) is 9.85. The molecule has 0 bridgehead atoms. The molecule has 0 aromatic heterocycles. The molecule has 0 aliphatic rings. The molecular weight excluding hydrogens is 345 g/mol. The van der Waals surface area contributed by atoms with E-state index in [1.54, 1.807) is 6.07 Å². The van der Waals surface area contributed by atoms with E-state index >= 15 is 0 Å². The van der Waals surface area contributed by atoms with Crippen LogP contribution in [-0.4, -0.2) is 0 Å². The highest BCUT2D eigenvalue weighted by atomic mass is 19.1. The number of nitriles is 1. The number of halogens is 1. The van der Waals surface area contributed by atoms with Crippen LogP contribution in [-0.2, 0) is 6.42 Å². The Hall–Kier alpha value is -3.18. The summed E-state index contributed by atoms with van der Waals surface area (Å²) in [5.74, 6) is -0.478. The number of rotatable bonds is 5. The van der Waals surface area contributed by atoms with Crippen LogP contribution in [0.4, 0.5) is 4.39 Å². The normalized spacial score (nSPS) is 11.0. The summed E-state index contributed by atoms with van der Waals surface area (Å²) in [6.45, 7) is 2.23. The molecule has 0 saturated heterocycles. The van der Waals surface area contributed by atoms with E-state index < -0.39 is 5.82 Å². The molecule has 0 spiro atoms. The topological polar surface area (TPSA) is 23.8 Å². The van der Waals surface area contributed by atoms with Crippen LogP contribution in [0, 0.1) is 17.1 Å². The molecule has 2 heteroatoms. The average Bonchev–Trinajstić information content (AvgIpc) is 2.73. The van der Waals surface area contributed by atoms with Gasteiger partial charge in [-0.2, -0.15) is 5.26 Å². The minimum absolute atomic E-state index is 0.0743. The van der Waals surface area contributed by atoms with Gasteiger partial charge in [-0.25, -0.2) is 4.39 Å². The van der Waals surface area contributed by atoms with Crippen molar-refractivity contribution in [2.75, 3.05) is 0 Å². The minimum Gasteiger partial charge on any atom is -0.206 e. The Morgan fingerprint density at radius 1 is 0.786 bits per heavy atom. The van der Waals surface area contributed by atoms with Crippen LogP contribution in [0.15, 0.2) is 66.7 Å². The molecule has 0 N–H and O–H groups in total. The van der Waals surface area contributed by atoms with Crippen LogP contribution < -0.4 is 0 Å². The van der Waals surface area contributed by atoms with Crippen LogP contribution >= 0.6 is 0 Å². The van der Waals surface area contributed by atoms with Gasteiger partial charge in [-0.3, -0.25) is 0 Å². The fourth-order valence-corrected chi connectivity index (χ4v) is 3.82. The number of hydrogen-bond acceptors (Lipinski definition) is 1. The molecule has 0 amide bonds. The number of benzene rings is 4. The molecule has 0 saturated carbocycles. The lowest BCUT2D eigenvalue weighted by Crippen LogP contribution is -1.88. The number of fused-ring (bicyclic) bond motifs is 3. The molecule has 4 rings (SSSR count). The van der Waals surface area contributed by atoms with Gasteiger partial charge in [-0.05, 0) is 69.3 Å². The van der Waals surface area contributed by atoms with Gasteiger partial charge in [0.05, 0.1) is 5.56 Å². The van der Waals surface area contributed by atoms with Gasteiger partial charge in [-0.15, -0.1) is 0 Å². The molecule has 1 nitrogen and oxygen atoms in total. The molecular formula is C26H22FN. The Kier molecular flexibility index (Phi) is 5.08. The molecule has 0 fully saturated rings. The summed E-state index contributed by atoms with van der Waals surface area (Å²) in [5.41, 5.74) is 3.20. The first kappa shape index (κ1) is 18.2. The molecule has 138 valence electrons. The predicted molar refractivity (Wildman–Crippen MR) is 115 cm³/mol. The lowest BCUT2D eigenvalue weighted by atomic mass is 9.95. The average molecular weight is 367 g/mol. The van der Waals surface area contributed by atoms with Crippen molar-refractivity contribution in [3.63, 3.8) is 0 Å². The fourth-order valence-electron chi connectivity index (χ4n) is 3.82. The smallest absolute Gasteiger partial charge is 0.141 e. The molecule has 0 aliphatic carbocycles. The second-order valence-corrected chi connectivity index (χ2v) is 7.32. The third-order valence-corrected chi connectivity index (χ3v) is 5.39. The number of hydrogen-bond donors (Lipinski definition) is 0. The minimum atomic E-state index is -0.478. The SMILES string of the molecule is CCCCCc1ccc2c(ccc3cc(-c4ccc(C#N)c(F)c4)ccc32)c1. The number of nitrogens with zero attached hydrogens (tertiary/aromatic N) is 1. The second-order valence-electron chi connectivity index (χ2n) is 7.32. The maximum absolute atomic E-state index is 14.0. The lowest BCUT2D eigenvalue weighted by Gasteiger charge is -2.09. The van der Waals surface area contributed by atoms with Crippen molar-refractivity contribution < 1.29 is 4.39 Å². The summed E-state index contributed by atoms with van der Waals surface area (Å²) in [6.07, 6.45) is 4.88. The molecule has 0 heterocycles. The van der Waals surface area contributed by atoms with E-state index in [0.717, 1.165) is 22.9 Å². The van der Waals surface area contributed by atoms with Crippen molar-refractivity contribution in [2.45, 2.75) is 32.6 Å². The zero-order valence-corrected chi connectivity index (χ0v) is 16.0. The van der Waals surface area contributed by atoms with E-state index in [4.69, 9.17) is 5.26 Å². The van der Waals surface area contributed by atoms with Crippen molar-refractivity contribution >= 4 is 21.5 Å². The number of unbranched alkanes of at least 4 members (excludes halogenated alkanes) is 2. The molecule has 4 aromatic carbocycles. The maximum Gasteiger partial charge on any atom is 0.141 e. The Morgan fingerprint density at radius 3 is 2.18 bits per heavy atom. The zero-order valence-electron chi connectivity index (χ0n) is 16.0. The molecule has 0 aliphatic heterocycles. The Balaban J connectivity index is 1.72. The highest BCUT2D eigenvalue weighted by Gasteiger charge is 2.07. The van der Waals surface area contributed by atoms with E-state index in [9.17, 15) is 4.39 Å². The third-order valence-electron chi connectivity index (χ3n) is 5.39. The summed E-state index contributed by atoms with van der Waals surface area (Å²) in [4.78, 5) is 0. The lowest BCUT2D eigenvalue weighted by molar-refractivity contribution is 0.624. The van der Waals surface area contributed by atoms with Crippen molar-refractivity contribution in [3.8, 4) is 17.2 Å². The standard InChI is InChI=1S/C26H22FN/c1-2-3-4-5-18-6-12-24-21(14-18)8-9-22-15-19(11-13-25(22)24)20-7-10-23(17-28)26(27)16-20/h6-16H,2-5H2,1H3. The van der Waals surface area contributed by atoms with Gasteiger partial charge in [0.15, 0.2) is 0 Å². The quantitative estimate of drug-likeness (QED) is 0.266. The first-order valence-electron chi connectivity index (χ1n) is 9.85. The summed E-state index contributed by atoms with van der Waals surface area (Å²) in [6, 6.07) is 23.9. The molecule has 4 aromatic rings. The van der Waals surface area contributed by atoms with Crippen molar-refractivity contribution in [2.24, 2.45) is 0 Å². The highest BCUT2D eigenvalue weighted by molar-refractivity contribution is 6.08. The van der Waals surface area contributed by atoms with Gasteiger partial charge in [0.25, 0.3) is 0 Å². The van der Waals surface area contributed by atoms with Gasteiger partial charge in [0.1, 0.15) is 11.9 Å². The van der Waals surface area contributed by atoms with E-state index in [0.29, 0.717) is 0 Å². The third kappa shape index (κ3) is 3.49. The predicted octanol–water partition coefficient (Wildman–Crippen LogP) is 7.40. The molecule has 0 atom stereocenters.